The minimum atomic E-state index is 0.0643. The predicted octanol–water partition coefficient (Wildman–Crippen LogP) is 6.25. The van der Waals surface area contributed by atoms with Gasteiger partial charge in [-0.25, -0.2) is 0 Å². The van der Waals surface area contributed by atoms with Gasteiger partial charge in [0.15, 0.2) is 5.78 Å². The van der Waals surface area contributed by atoms with E-state index in [1.165, 1.54) is 0 Å². The summed E-state index contributed by atoms with van der Waals surface area (Å²) >= 11 is 0. The molecule has 0 aliphatic heterocycles. The van der Waals surface area contributed by atoms with Gasteiger partial charge in [0.2, 0.25) is 0 Å². The lowest BCUT2D eigenvalue weighted by Gasteiger charge is -2.07. The van der Waals surface area contributed by atoms with E-state index >= 15 is 0 Å². The summed E-state index contributed by atoms with van der Waals surface area (Å²) in [5.41, 5.74) is 7.51. The summed E-state index contributed by atoms with van der Waals surface area (Å²) in [5, 5.41) is 0. The largest absolute Gasteiger partial charge is 0.497 e. The Bertz CT molecular complexity index is 1190. The lowest BCUT2D eigenvalue weighted by atomic mass is 9.98. The molecule has 0 fully saturated rings. The van der Waals surface area contributed by atoms with Crippen LogP contribution in [0.2, 0.25) is 0 Å². The molecule has 0 saturated carbocycles. The second-order valence-electron chi connectivity index (χ2n) is 7.31. The first-order valence-electron chi connectivity index (χ1n) is 9.80. The highest BCUT2D eigenvalue weighted by Gasteiger charge is 2.27. The summed E-state index contributed by atoms with van der Waals surface area (Å²) in [6.45, 7) is 0. The highest BCUT2D eigenvalue weighted by molar-refractivity contribution is 6.22. The molecule has 0 heterocycles. The molecular formula is C27H20O3. The molecule has 4 aromatic carbocycles. The molecule has 0 atom stereocenters. The molecule has 1 aliphatic carbocycles. The summed E-state index contributed by atoms with van der Waals surface area (Å²) in [4.78, 5) is 13.3. The Morgan fingerprint density at radius 3 is 1.37 bits per heavy atom. The van der Waals surface area contributed by atoms with Crippen LogP contribution in [0.3, 0.4) is 0 Å². The molecule has 146 valence electrons. The van der Waals surface area contributed by atoms with E-state index in [0.717, 1.165) is 56.0 Å². The van der Waals surface area contributed by atoms with E-state index < -0.39 is 0 Å². The van der Waals surface area contributed by atoms with Gasteiger partial charge in [-0.3, -0.25) is 4.79 Å². The molecule has 3 nitrogen and oxygen atoms in total. The van der Waals surface area contributed by atoms with Crippen LogP contribution in [0.15, 0.2) is 84.9 Å². The van der Waals surface area contributed by atoms with E-state index in [9.17, 15) is 4.79 Å². The molecule has 3 heteroatoms. The van der Waals surface area contributed by atoms with E-state index in [0.29, 0.717) is 0 Å². The monoisotopic (exact) mass is 392 g/mol. The zero-order valence-corrected chi connectivity index (χ0v) is 16.8. The van der Waals surface area contributed by atoms with Crippen LogP contribution in [0.25, 0.3) is 33.4 Å². The number of carbonyl (C=O) groups is 1. The van der Waals surface area contributed by atoms with Crippen LogP contribution in [0.1, 0.15) is 15.9 Å². The van der Waals surface area contributed by atoms with Crippen LogP contribution in [-0.2, 0) is 0 Å². The summed E-state index contributed by atoms with van der Waals surface area (Å²) in [6.07, 6.45) is 0. The topological polar surface area (TPSA) is 35.5 Å². The molecule has 1 aliphatic rings. The Balaban J connectivity index is 1.56. The van der Waals surface area contributed by atoms with Gasteiger partial charge in [-0.05, 0) is 69.8 Å². The van der Waals surface area contributed by atoms with Crippen molar-refractivity contribution in [3.8, 4) is 44.9 Å². The minimum absolute atomic E-state index is 0.0643. The second kappa shape index (κ2) is 7.20. The number of hydrogen-bond donors (Lipinski definition) is 0. The van der Waals surface area contributed by atoms with E-state index in [2.05, 4.69) is 12.1 Å². The Morgan fingerprint density at radius 2 is 0.933 bits per heavy atom. The van der Waals surface area contributed by atoms with Crippen molar-refractivity contribution >= 4 is 5.78 Å². The van der Waals surface area contributed by atoms with E-state index in [1.807, 2.05) is 72.8 Å². The molecular weight excluding hydrogens is 372 g/mol. The van der Waals surface area contributed by atoms with Crippen molar-refractivity contribution in [1.29, 1.82) is 0 Å². The number of carbonyl (C=O) groups excluding carboxylic acids is 1. The lowest BCUT2D eigenvalue weighted by molar-refractivity contribution is 0.104. The van der Waals surface area contributed by atoms with E-state index in [4.69, 9.17) is 9.47 Å². The molecule has 4 aromatic rings. The van der Waals surface area contributed by atoms with Gasteiger partial charge in [-0.15, -0.1) is 0 Å². The molecule has 0 N–H and O–H groups in total. The number of hydrogen-bond acceptors (Lipinski definition) is 3. The van der Waals surface area contributed by atoms with Crippen molar-refractivity contribution in [2.24, 2.45) is 0 Å². The quantitative estimate of drug-likeness (QED) is 0.363. The molecule has 0 radical (unpaired) electrons. The molecule has 0 saturated heterocycles. The summed E-state index contributed by atoms with van der Waals surface area (Å²) in [6, 6.07) is 27.9. The maximum absolute atomic E-state index is 13.3. The Hall–Kier alpha value is -3.85. The first-order chi connectivity index (χ1) is 14.7. The fourth-order valence-electron chi connectivity index (χ4n) is 4.04. The molecule has 5 rings (SSSR count). The van der Waals surface area contributed by atoms with Gasteiger partial charge in [0, 0.05) is 11.1 Å². The molecule has 0 spiro atoms. The first-order valence-corrected chi connectivity index (χ1v) is 9.80. The number of ether oxygens (including phenoxy) is 2. The normalized spacial score (nSPS) is 11.7. The summed E-state index contributed by atoms with van der Waals surface area (Å²) in [7, 11) is 3.31. The zero-order valence-electron chi connectivity index (χ0n) is 16.8. The van der Waals surface area contributed by atoms with Crippen molar-refractivity contribution in [3.63, 3.8) is 0 Å². The van der Waals surface area contributed by atoms with Crippen LogP contribution in [0.5, 0.6) is 11.5 Å². The summed E-state index contributed by atoms with van der Waals surface area (Å²) in [5.74, 6) is 1.66. The third-order valence-corrected chi connectivity index (χ3v) is 5.62. The van der Waals surface area contributed by atoms with Crippen LogP contribution in [0.4, 0.5) is 0 Å². The number of benzene rings is 4. The van der Waals surface area contributed by atoms with Gasteiger partial charge in [0.25, 0.3) is 0 Å². The number of methoxy groups -OCH3 is 2. The zero-order chi connectivity index (χ0) is 20.7. The van der Waals surface area contributed by atoms with Crippen molar-refractivity contribution in [3.05, 3.63) is 96.1 Å². The van der Waals surface area contributed by atoms with Gasteiger partial charge in [-0.1, -0.05) is 48.5 Å². The first kappa shape index (κ1) is 18.2. The molecule has 0 bridgehead atoms. The lowest BCUT2D eigenvalue weighted by Crippen LogP contribution is -1.96. The third kappa shape index (κ3) is 2.96. The highest BCUT2D eigenvalue weighted by Crippen LogP contribution is 2.40. The maximum Gasteiger partial charge on any atom is 0.194 e. The standard InChI is InChI=1S/C27H20O3/c1-29-21-7-3-5-17(13-21)19-9-11-23-24-12-10-20(16-26(24)27(28)25(23)15-19)18-6-4-8-22(14-18)30-2/h3-16H,1-2H3. The predicted molar refractivity (Wildman–Crippen MR) is 119 cm³/mol. The SMILES string of the molecule is COc1cccc(-c2ccc3c(c2)C(=O)c2cc(-c4cccc(OC)c4)ccc2-3)c1. The fourth-order valence-corrected chi connectivity index (χ4v) is 4.04. The van der Waals surface area contributed by atoms with Gasteiger partial charge >= 0.3 is 0 Å². The third-order valence-electron chi connectivity index (χ3n) is 5.62. The van der Waals surface area contributed by atoms with Crippen molar-refractivity contribution in [1.82, 2.24) is 0 Å². The van der Waals surface area contributed by atoms with Gasteiger partial charge in [0.1, 0.15) is 11.5 Å². The van der Waals surface area contributed by atoms with Crippen LogP contribution >= 0.6 is 0 Å². The fraction of sp³-hybridized carbons (Fsp3) is 0.0741. The molecule has 0 aromatic heterocycles. The van der Waals surface area contributed by atoms with Gasteiger partial charge < -0.3 is 9.47 Å². The number of fused-ring (bicyclic) bond motifs is 3. The molecule has 0 unspecified atom stereocenters. The van der Waals surface area contributed by atoms with Crippen molar-refractivity contribution in [2.45, 2.75) is 0 Å². The highest BCUT2D eigenvalue weighted by atomic mass is 16.5. The average Bonchev–Trinajstić information content (AvgIpc) is 3.10. The van der Waals surface area contributed by atoms with E-state index in [-0.39, 0.29) is 5.78 Å². The van der Waals surface area contributed by atoms with Gasteiger partial charge in [-0.2, -0.15) is 0 Å². The van der Waals surface area contributed by atoms with E-state index in [1.54, 1.807) is 14.2 Å². The molecule has 0 amide bonds. The van der Waals surface area contributed by atoms with Crippen LogP contribution in [0, 0.1) is 0 Å². The number of ketones is 1. The smallest absolute Gasteiger partial charge is 0.194 e. The Kier molecular flexibility index (Phi) is 4.36. The Labute approximate surface area is 175 Å². The van der Waals surface area contributed by atoms with Crippen LogP contribution in [-0.4, -0.2) is 20.0 Å². The number of rotatable bonds is 4. The van der Waals surface area contributed by atoms with Gasteiger partial charge in [0.05, 0.1) is 14.2 Å². The van der Waals surface area contributed by atoms with Crippen LogP contribution < -0.4 is 9.47 Å². The van der Waals surface area contributed by atoms with Crippen molar-refractivity contribution in [2.75, 3.05) is 14.2 Å². The Morgan fingerprint density at radius 1 is 0.500 bits per heavy atom. The molecule has 30 heavy (non-hydrogen) atoms. The average molecular weight is 392 g/mol. The minimum Gasteiger partial charge on any atom is -0.497 e. The second-order valence-corrected chi connectivity index (χ2v) is 7.31. The summed E-state index contributed by atoms with van der Waals surface area (Å²) < 4.78 is 10.7. The maximum atomic E-state index is 13.3. The van der Waals surface area contributed by atoms with Crippen molar-refractivity contribution < 1.29 is 14.3 Å².